The fraction of sp³-hybridized carbons (Fsp3) is 0.586. The van der Waals surface area contributed by atoms with E-state index in [2.05, 4.69) is 34.5 Å². The fourth-order valence-corrected chi connectivity index (χ4v) is 5.40. The van der Waals surface area contributed by atoms with Gasteiger partial charge in [-0.2, -0.15) is 0 Å². The smallest absolute Gasteiger partial charge is 0.306 e. The average molecular weight is 496 g/mol. The lowest BCUT2D eigenvalue weighted by Gasteiger charge is -2.24. The van der Waals surface area contributed by atoms with Gasteiger partial charge in [0, 0.05) is 38.4 Å². The second-order valence-electron chi connectivity index (χ2n) is 10.2. The molecule has 0 unspecified atom stereocenters. The first-order valence-corrected chi connectivity index (χ1v) is 13.3. The molecule has 196 valence electrons. The number of esters is 1. The predicted molar refractivity (Wildman–Crippen MR) is 142 cm³/mol. The lowest BCUT2D eigenvalue weighted by Crippen LogP contribution is -2.28. The molecule has 0 amide bonds. The number of nitrogens with one attached hydrogen (secondary N) is 1. The summed E-state index contributed by atoms with van der Waals surface area (Å²) in [6.07, 6.45) is 5.98. The van der Waals surface area contributed by atoms with Crippen LogP contribution in [0.15, 0.2) is 36.4 Å². The molecule has 0 saturated carbocycles. The number of methoxy groups -OCH3 is 2. The molecule has 1 N–H and O–H groups in total. The second-order valence-corrected chi connectivity index (χ2v) is 10.2. The number of likely N-dealkylation sites (tertiary alicyclic amines) is 1. The maximum Gasteiger partial charge on any atom is 0.306 e. The molecule has 3 atom stereocenters. The van der Waals surface area contributed by atoms with Crippen molar-refractivity contribution in [1.29, 1.82) is 0 Å². The Labute approximate surface area is 215 Å². The summed E-state index contributed by atoms with van der Waals surface area (Å²) in [5.41, 5.74) is 3.64. The van der Waals surface area contributed by atoms with E-state index in [9.17, 15) is 4.79 Å². The highest BCUT2D eigenvalue weighted by molar-refractivity contribution is 5.70. The van der Waals surface area contributed by atoms with Crippen LogP contribution in [0.25, 0.3) is 0 Å². The molecule has 36 heavy (non-hydrogen) atoms. The summed E-state index contributed by atoms with van der Waals surface area (Å²) in [6.45, 7) is 6.49. The number of hydrogen-bond acceptors (Lipinski definition) is 7. The third-order valence-corrected chi connectivity index (χ3v) is 7.32. The second kappa shape index (κ2) is 13.1. The lowest BCUT2D eigenvalue weighted by molar-refractivity contribution is -0.141. The first-order valence-electron chi connectivity index (χ1n) is 13.3. The molecule has 1 fully saturated rings. The number of hydrogen-bond donors (Lipinski definition) is 1. The molecule has 1 saturated heterocycles. The highest BCUT2D eigenvalue weighted by Gasteiger charge is 2.27. The van der Waals surface area contributed by atoms with E-state index in [1.165, 1.54) is 31.2 Å². The van der Waals surface area contributed by atoms with E-state index >= 15 is 0 Å². The van der Waals surface area contributed by atoms with Crippen molar-refractivity contribution in [3.63, 3.8) is 0 Å². The van der Waals surface area contributed by atoms with Crippen molar-refractivity contribution >= 4 is 11.8 Å². The molecule has 2 aliphatic heterocycles. The van der Waals surface area contributed by atoms with Crippen molar-refractivity contribution < 1.29 is 19.0 Å². The van der Waals surface area contributed by atoms with Gasteiger partial charge in [0.25, 0.3) is 0 Å². The number of aromatic nitrogens is 1. The Kier molecular flexibility index (Phi) is 9.59. The summed E-state index contributed by atoms with van der Waals surface area (Å²) in [5.74, 6) is 2.42. The summed E-state index contributed by atoms with van der Waals surface area (Å²) < 4.78 is 16.2. The van der Waals surface area contributed by atoms with Gasteiger partial charge in [-0.3, -0.25) is 4.79 Å². The van der Waals surface area contributed by atoms with Gasteiger partial charge in [-0.25, -0.2) is 4.98 Å². The first kappa shape index (κ1) is 26.4. The number of carbonyl (C=O) groups is 1. The van der Waals surface area contributed by atoms with Crippen LogP contribution >= 0.6 is 0 Å². The summed E-state index contributed by atoms with van der Waals surface area (Å²) in [5, 5.41) is 3.44. The largest absolute Gasteiger partial charge is 0.488 e. The summed E-state index contributed by atoms with van der Waals surface area (Å²) in [4.78, 5) is 19.6. The Bertz CT molecular complexity index is 998. The van der Waals surface area contributed by atoms with E-state index in [1.807, 2.05) is 19.1 Å². The molecule has 3 heterocycles. The van der Waals surface area contributed by atoms with Gasteiger partial charge in [0.1, 0.15) is 17.7 Å². The van der Waals surface area contributed by atoms with Crippen molar-refractivity contribution in [3.05, 3.63) is 53.2 Å². The van der Waals surface area contributed by atoms with Gasteiger partial charge in [-0.05, 0) is 80.8 Å². The normalized spacial score (nSPS) is 19.2. The highest BCUT2D eigenvalue weighted by Crippen LogP contribution is 2.29. The zero-order valence-corrected chi connectivity index (χ0v) is 22.0. The maximum atomic E-state index is 12.2. The number of carbonyl (C=O) groups excluding carboxylic acids is 1. The first-order chi connectivity index (χ1) is 17.5. The molecular weight excluding hydrogens is 454 g/mol. The van der Waals surface area contributed by atoms with Gasteiger partial charge in [0.15, 0.2) is 0 Å². The van der Waals surface area contributed by atoms with E-state index in [4.69, 9.17) is 19.2 Å². The van der Waals surface area contributed by atoms with E-state index < -0.39 is 0 Å². The Balaban J connectivity index is 1.34. The molecule has 1 aromatic heterocycles. The molecular formula is C29H41N3O4. The van der Waals surface area contributed by atoms with Crippen LogP contribution in [-0.4, -0.2) is 69.0 Å². The van der Waals surface area contributed by atoms with Crippen molar-refractivity contribution in [2.75, 3.05) is 52.3 Å². The standard InChI is InChI=1S/C29H41N3O4/c1-21(20-34-2)36-27-8-4-6-24(16-27)25(17-28(33)35-3)19-32-15-13-22(18-32)9-11-26-12-10-23-7-5-14-30-29(23)31-26/h4,6,8,10,12,16,21-22,25H,5,7,9,11,13-15,17-20H2,1-3H3,(H,30,31)/t21-,22-,25-/m1/s1. The van der Waals surface area contributed by atoms with Crippen LogP contribution in [0.4, 0.5) is 5.82 Å². The molecule has 0 spiro atoms. The van der Waals surface area contributed by atoms with E-state index in [-0.39, 0.29) is 18.0 Å². The van der Waals surface area contributed by atoms with Gasteiger partial charge >= 0.3 is 5.97 Å². The number of benzene rings is 1. The monoisotopic (exact) mass is 495 g/mol. The van der Waals surface area contributed by atoms with Crippen LogP contribution in [0.3, 0.4) is 0 Å². The van der Waals surface area contributed by atoms with Gasteiger partial charge in [-0.15, -0.1) is 0 Å². The van der Waals surface area contributed by atoms with Crippen LogP contribution in [0.5, 0.6) is 5.75 Å². The quantitative estimate of drug-likeness (QED) is 0.436. The van der Waals surface area contributed by atoms with Crippen LogP contribution in [0.2, 0.25) is 0 Å². The molecule has 7 nitrogen and oxygen atoms in total. The minimum absolute atomic E-state index is 0.0379. The Morgan fingerprint density at radius 3 is 2.97 bits per heavy atom. The minimum Gasteiger partial charge on any atom is -0.488 e. The van der Waals surface area contributed by atoms with Crippen LogP contribution < -0.4 is 10.1 Å². The zero-order chi connectivity index (χ0) is 25.3. The summed E-state index contributed by atoms with van der Waals surface area (Å²) >= 11 is 0. The zero-order valence-electron chi connectivity index (χ0n) is 22.0. The molecule has 0 bridgehead atoms. The van der Waals surface area contributed by atoms with Gasteiger partial charge in [-0.1, -0.05) is 18.2 Å². The number of fused-ring (bicyclic) bond motifs is 1. The minimum atomic E-state index is -0.179. The molecule has 1 aromatic carbocycles. The average Bonchev–Trinajstić information content (AvgIpc) is 3.34. The number of rotatable bonds is 12. The Morgan fingerprint density at radius 1 is 1.25 bits per heavy atom. The van der Waals surface area contributed by atoms with Crippen LogP contribution in [0.1, 0.15) is 55.3 Å². The van der Waals surface area contributed by atoms with Crippen molar-refractivity contribution in [1.82, 2.24) is 9.88 Å². The van der Waals surface area contributed by atoms with Crippen LogP contribution in [0, 0.1) is 5.92 Å². The van der Waals surface area contributed by atoms with Crippen molar-refractivity contribution in [3.8, 4) is 5.75 Å². The van der Waals surface area contributed by atoms with E-state index in [0.29, 0.717) is 18.9 Å². The SMILES string of the molecule is COC[C@@H](C)Oc1cccc([C@H](CC(=O)OC)CN2CC[C@@H](CCc3ccc4c(n3)NCCC4)C2)c1. The predicted octanol–water partition coefficient (Wildman–Crippen LogP) is 4.45. The van der Waals surface area contributed by atoms with Gasteiger partial charge in [0.2, 0.25) is 0 Å². The molecule has 2 aliphatic rings. The third-order valence-electron chi connectivity index (χ3n) is 7.32. The van der Waals surface area contributed by atoms with Crippen LogP contribution in [-0.2, 0) is 27.1 Å². The Hall–Kier alpha value is -2.64. The molecule has 7 heteroatoms. The van der Waals surface area contributed by atoms with Crippen molar-refractivity contribution in [2.45, 2.75) is 57.5 Å². The number of nitrogens with zero attached hydrogens (tertiary/aromatic N) is 2. The molecule has 0 radical (unpaired) electrons. The molecule has 2 aromatic rings. The highest BCUT2D eigenvalue weighted by atomic mass is 16.5. The number of anilines is 1. The summed E-state index contributed by atoms with van der Waals surface area (Å²) in [6, 6.07) is 12.6. The summed E-state index contributed by atoms with van der Waals surface area (Å²) in [7, 11) is 3.13. The number of ether oxygens (including phenoxy) is 3. The van der Waals surface area contributed by atoms with E-state index in [0.717, 1.165) is 62.6 Å². The van der Waals surface area contributed by atoms with E-state index in [1.54, 1.807) is 7.11 Å². The number of aryl methyl sites for hydroxylation is 2. The molecule has 0 aliphatic carbocycles. The Morgan fingerprint density at radius 2 is 2.14 bits per heavy atom. The number of pyridine rings is 1. The topological polar surface area (TPSA) is 72.9 Å². The molecule has 4 rings (SSSR count). The maximum absolute atomic E-state index is 12.2. The fourth-order valence-electron chi connectivity index (χ4n) is 5.40. The lowest BCUT2D eigenvalue weighted by atomic mass is 9.94. The van der Waals surface area contributed by atoms with Gasteiger partial charge in [0.05, 0.1) is 20.1 Å². The van der Waals surface area contributed by atoms with Gasteiger partial charge < -0.3 is 24.4 Å². The third kappa shape index (κ3) is 7.43. The van der Waals surface area contributed by atoms with Crippen molar-refractivity contribution in [2.24, 2.45) is 5.92 Å².